The molecular weight excluding hydrogens is 376 g/mol. The lowest BCUT2D eigenvalue weighted by Crippen LogP contribution is -2.39. The molecule has 0 rings (SSSR count). The monoisotopic (exact) mass is 417 g/mol. The number of nitrogens with zero attached hydrogens (tertiary/aromatic N) is 2. The van der Waals surface area contributed by atoms with Gasteiger partial charge in [-0.15, -0.1) is 0 Å². The molecule has 0 heterocycles. The lowest BCUT2D eigenvalue weighted by atomic mass is 9.86. The Hall–Kier alpha value is -1.67. The van der Waals surface area contributed by atoms with Gasteiger partial charge in [-0.05, 0) is 25.2 Å². The van der Waals surface area contributed by atoms with E-state index >= 15 is 0 Å². The number of carbonyl (C=O) groups is 3. The summed E-state index contributed by atoms with van der Waals surface area (Å²) in [6, 6.07) is 0. The van der Waals surface area contributed by atoms with E-state index in [-0.39, 0.29) is 25.4 Å². The lowest BCUT2D eigenvalue weighted by Gasteiger charge is -2.26. The molecule has 0 aliphatic carbocycles. The van der Waals surface area contributed by atoms with Gasteiger partial charge < -0.3 is 28.3 Å². The minimum absolute atomic E-state index is 0.0776. The standard InChI is InChI=1S/C21H41N2O6/c1-9-17(20(26)28-12-10-22(3,4)5)15-18(14-16(2)19(24)25)21(27)29-13-11-23(6,7)8/h16-18H,9-15H2,1-8H3/q+1. The maximum absolute atomic E-state index is 12.6. The third-order valence-corrected chi connectivity index (χ3v) is 4.78. The SMILES string of the molecule is CCC(CC(CC(C)C(=O)[O-])C(=O)OCC[N+](C)(C)C)C(=O)OCC[N+](C)(C)C. The molecule has 0 aromatic heterocycles. The Labute approximate surface area is 175 Å². The van der Waals surface area contributed by atoms with E-state index in [0.717, 1.165) is 0 Å². The number of rotatable bonds is 14. The van der Waals surface area contributed by atoms with E-state index in [9.17, 15) is 19.5 Å². The summed E-state index contributed by atoms with van der Waals surface area (Å²) in [7, 11) is 12.0. The van der Waals surface area contributed by atoms with Crippen LogP contribution in [0.2, 0.25) is 0 Å². The highest BCUT2D eigenvalue weighted by molar-refractivity contribution is 5.77. The summed E-state index contributed by atoms with van der Waals surface area (Å²) in [5.74, 6) is -4.01. The van der Waals surface area contributed by atoms with Crippen LogP contribution >= 0.6 is 0 Å². The molecule has 0 N–H and O–H groups in total. The van der Waals surface area contributed by atoms with Gasteiger partial charge in [0.1, 0.15) is 26.3 Å². The molecule has 0 radical (unpaired) electrons. The Kier molecular flexibility index (Phi) is 11.4. The molecule has 0 fully saturated rings. The van der Waals surface area contributed by atoms with Crippen molar-refractivity contribution in [2.24, 2.45) is 17.8 Å². The van der Waals surface area contributed by atoms with Crippen LogP contribution in [0.3, 0.4) is 0 Å². The molecule has 3 unspecified atom stereocenters. The summed E-state index contributed by atoms with van der Waals surface area (Å²) in [6.07, 6.45) is 0.792. The minimum Gasteiger partial charge on any atom is -0.550 e. The first-order valence-corrected chi connectivity index (χ1v) is 10.3. The summed E-state index contributed by atoms with van der Waals surface area (Å²) >= 11 is 0. The Morgan fingerprint density at radius 1 is 0.793 bits per heavy atom. The second-order valence-electron chi connectivity index (χ2n) is 9.86. The number of aliphatic carboxylic acids is 1. The molecule has 0 aliphatic heterocycles. The first kappa shape index (κ1) is 27.3. The fourth-order valence-corrected chi connectivity index (χ4v) is 2.66. The molecule has 0 bridgehead atoms. The van der Waals surface area contributed by atoms with Gasteiger partial charge in [0, 0.05) is 5.97 Å². The topological polar surface area (TPSA) is 92.7 Å². The molecular formula is C21H41N2O6+. The van der Waals surface area contributed by atoms with E-state index in [4.69, 9.17) is 9.47 Å². The van der Waals surface area contributed by atoms with E-state index in [1.807, 2.05) is 49.2 Å². The largest absolute Gasteiger partial charge is 0.550 e. The first-order chi connectivity index (χ1) is 13.2. The molecule has 29 heavy (non-hydrogen) atoms. The van der Waals surface area contributed by atoms with E-state index < -0.39 is 29.7 Å². The number of ether oxygens (including phenoxy) is 2. The molecule has 0 saturated carbocycles. The summed E-state index contributed by atoms with van der Waals surface area (Å²) in [5, 5.41) is 11.2. The van der Waals surface area contributed by atoms with Gasteiger partial charge in [-0.25, -0.2) is 0 Å². The molecule has 0 spiro atoms. The number of quaternary nitrogens is 2. The van der Waals surface area contributed by atoms with Gasteiger partial charge in [0.05, 0.1) is 54.1 Å². The molecule has 8 heteroatoms. The Balaban J connectivity index is 5.01. The van der Waals surface area contributed by atoms with Crippen molar-refractivity contribution in [1.82, 2.24) is 0 Å². The van der Waals surface area contributed by atoms with E-state index in [2.05, 4.69) is 0 Å². The van der Waals surface area contributed by atoms with Crippen LogP contribution in [0.15, 0.2) is 0 Å². The highest BCUT2D eigenvalue weighted by atomic mass is 16.5. The van der Waals surface area contributed by atoms with Crippen LogP contribution in [0.25, 0.3) is 0 Å². The number of hydrogen-bond donors (Lipinski definition) is 0. The predicted molar refractivity (Wildman–Crippen MR) is 108 cm³/mol. The number of hydrogen-bond acceptors (Lipinski definition) is 6. The Morgan fingerprint density at radius 2 is 1.21 bits per heavy atom. The highest BCUT2D eigenvalue weighted by Gasteiger charge is 2.30. The van der Waals surface area contributed by atoms with Crippen molar-refractivity contribution in [3.63, 3.8) is 0 Å². The zero-order valence-corrected chi connectivity index (χ0v) is 19.5. The van der Waals surface area contributed by atoms with Crippen molar-refractivity contribution in [1.29, 1.82) is 0 Å². The molecule has 0 saturated heterocycles. The zero-order chi connectivity index (χ0) is 22.8. The molecule has 3 atom stereocenters. The quantitative estimate of drug-likeness (QED) is 0.298. The van der Waals surface area contributed by atoms with E-state index in [1.54, 1.807) is 0 Å². The third kappa shape index (κ3) is 13.2. The highest BCUT2D eigenvalue weighted by Crippen LogP contribution is 2.25. The number of carbonyl (C=O) groups excluding carboxylic acids is 3. The van der Waals surface area contributed by atoms with E-state index in [0.29, 0.717) is 35.1 Å². The van der Waals surface area contributed by atoms with Crippen molar-refractivity contribution < 1.29 is 37.9 Å². The van der Waals surface area contributed by atoms with Crippen molar-refractivity contribution in [2.45, 2.75) is 33.1 Å². The second-order valence-corrected chi connectivity index (χ2v) is 9.86. The number of likely N-dealkylation sites (N-methyl/N-ethyl adjacent to an activating group) is 2. The summed E-state index contributed by atoms with van der Waals surface area (Å²) in [4.78, 5) is 36.2. The van der Waals surface area contributed by atoms with E-state index in [1.165, 1.54) is 6.92 Å². The van der Waals surface area contributed by atoms with Gasteiger partial charge >= 0.3 is 11.9 Å². The van der Waals surface area contributed by atoms with Gasteiger partial charge in [-0.3, -0.25) is 9.59 Å². The Bertz CT molecular complexity index is 536. The maximum Gasteiger partial charge on any atom is 0.309 e. The molecule has 0 amide bonds. The summed E-state index contributed by atoms with van der Waals surface area (Å²) in [6.45, 7) is 5.21. The minimum atomic E-state index is -1.22. The van der Waals surface area contributed by atoms with Crippen LogP contribution < -0.4 is 5.11 Å². The van der Waals surface area contributed by atoms with Crippen LogP contribution in [0.4, 0.5) is 0 Å². The second kappa shape index (κ2) is 12.1. The molecule has 8 nitrogen and oxygen atoms in total. The molecule has 0 aromatic rings. The molecule has 0 aromatic carbocycles. The number of carboxylic acids is 1. The van der Waals surface area contributed by atoms with Crippen LogP contribution in [-0.2, 0) is 23.9 Å². The van der Waals surface area contributed by atoms with Gasteiger partial charge in [0.2, 0.25) is 0 Å². The van der Waals surface area contributed by atoms with Gasteiger partial charge in [-0.1, -0.05) is 13.8 Å². The average molecular weight is 418 g/mol. The fraction of sp³-hybridized carbons (Fsp3) is 0.857. The third-order valence-electron chi connectivity index (χ3n) is 4.78. The molecule has 0 aliphatic rings. The first-order valence-electron chi connectivity index (χ1n) is 10.3. The zero-order valence-electron chi connectivity index (χ0n) is 19.5. The van der Waals surface area contributed by atoms with Crippen LogP contribution in [-0.4, -0.2) is 95.5 Å². The van der Waals surface area contributed by atoms with Crippen molar-refractivity contribution >= 4 is 17.9 Å². The van der Waals surface area contributed by atoms with Gasteiger partial charge in [0.25, 0.3) is 0 Å². The molecule has 170 valence electrons. The van der Waals surface area contributed by atoms with Crippen LogP contribution in [0, 0.1) is 17.8 Å². The average Bonchev–Trinajstić information content (AvgIpc) is 2.55. The van der Waals surface area contributed by atoms with Crippen molar-refractivity contribution in [3.05, 3.63) is 0 Å². The maximum atomic E-state index is 12.6. The fourth-order valence-electron chi connectivity index (χ4n) is 2.66. The number of carboxylic acid groups (broad SMARTS) is 1. The summed E-state index contributed by atoms with van der Waals surface area (Å²) in [5.41, 5.74) is 0. The normalized spacial score (nSPS) is 15.3. The van der Waals surface area contributed by atoms with Gasteiger partial charge in [-0.2, -0.15) is 0 Å². The van der Waals surface area contributed by atoms with Crippen LogP contribution in [0.5, 0.6) is 0 Å². The van der Waals surface area contributed by atoms with Crippen molar-refractivity contribution in [2.75, 3.05) is 68.6 Å². The van der Waals surface area contributed by atoms with Crippen LogP contribution in [0.1, 0.15) is 33.1 Å². The lowest BCUT2D eigenvalue weighted by molar-refractivity contribution is -0.870. The number of esters is 2. The summed E-state index contributed by atoms with van der Waals surface area (Å²) < 4.78 is 12.1. The van der Waals surface area contributed by atoms with Crippen molar-refractivity contribution in [3.8, 4) is 0 Å². The smallest absolute Gasteiger partial charge is 0.309 e. The Morgan fingerprint density at radius 3 is 1.55 bits per heavy atom. The predicted octanol–water partition coefficient (Wildman–Crippen LogP) is 0.294. The van der Waals surface area contributed by atoms with Gasteiger partial charge in [0.15, 0.2) is 0 Å².